The van der Waals surface area contributed by atoms with Crippen molar-refractivity contribution < 1.29 is 18.7 Å². The van der Waals surface area contributed by atoms with Crippen LogP contribution in [0.15, 0.2) is 24.3 Å². The first-order valence-corrected chi connectivity index (χ1v) is 6.75. The number of carbonyl (C=O) groups excluding carboxylic acids is 2. The summed E-state index contributed by atoms with van der Waals surface area (Å²) in [6.07, 6.45) is -0.253. The van der Waals surface area contributed by atoms with E-state index in [1.54, 1.807) is 39.0 Å². The van der Waals surface area contributed by atoms with Crippen LogP contribution < -0.4 is 10.6 Å². The number of rotatable bonds is 5. The molecule has 2 amide bonds. The molecule has 0 aliphatic rings. The molecule has 6 heteroatoms. The third-order valence-corrected chi connectivity index (χ3v) is 2.47. The van der Waals surface area contributed by atoms with Crippen molar-refractivity contribution in [1.82, 2.24) is 10.6 Å². The largest absolute Gasteiger partial charge is 0.444 e. The zero-order valence-corrected chi connectivity index (χ0v) is 12.5. The molecule has 0 radical (unpaired) electrons. The number of amides is 2. The van der Waals surface area contributed by atoms with Gasteiger partial charge in [-0.2, -0.15) is 0 Å². The number of hydrogen-bond donors (Lipinski definition) is 2. The smallest absolute Gasteiger partial charge is 0.408 e. The van der Waals surface area contributed by atoms with Gasteiger partial charge in [-0.15, -0.1) is 0 Å². The Morgan fingerprint density at radius 3 is 2.48 bits per heavy atom. The van der Waals surface area contributed by atoms with E-state index in [-0.39, 0.29) is 18.3 Å². The minimum absolute atomic E-state index is 0.174. The molecule has 2 N–H and O–H groups in total. The van der Waals surface area contributed by atoms with Crippen LogP contribution in [0.1, 0.15) is 26.3 Å². The van der Waals surface area contributed by atoms with Gasteiger partial charge in [0.2, 0.25) is 5.91 Å². The summed E-state index contributed by atoms with van der Waals surface area (Å²) in [6.45, 7) is 5.34. The van der Waals surface area contributed by atoms with Crippen LogP contribution in [0.5, 0.6) is 0 Å². The molecule has 1 rings (SSSR count). The second kappa shape index (κ2) is 7.61. The Morgan fingerprint density at radius 1 is 1.19 bits per heavy atom. The van der Waals surface area contributed by atoms with Gasteiger partial charge in [-0.25, -0.2) is 9.18 Å². The minimum Gasteiger partial charge on any atom is -0.444 e. The Morgan fingerprint density at radius 2 is 1.86 bits per heavy atom. The van der Waals surface area contributed by atoms with Crippen LogP contribution in [0, 0.1) is 5.82 Å². The molecule has 0 aliphatic carbocycles. The van der Waals surface area contributed by atoms with Crippen LogP contribution in [0.4, 0.5) is 9.18 Å². The van der Waals surface area contributed by atoms with Crippen LogP contribution in [-0.2, 0) is 16.0 Å². The molecule has 0 unspecified atom stereocenters. The van der Waals surface area contributed by atoms with Gasteiger partial charge in [-0.3, -0.25) is 4.79 Å². The molecule has 0 saturated heterocycles. The van der Waals surface area contributed by atoms with E-state index in [4.69, 9.17) is 4.74 Å². The van der Waals surface area contributed by atoms with E-state index in [9.17, 15) is 14.0 Å². The van der Waals surface area contributed by atoms with Gasteiger partial charge in [-0.05, 0) is 38.8 Å². The lowest BCUT2D eigenvalue weighted by atomic mass is 10.1. The van der Waals surface area contributed by atoms with Crippen molar-refractivity contribution in [3.05, 3.63) is 35.6 Å². The highest BCUT2D eigenvalue weighted by Crippen LogP contribution is 2.06. The zero-order valence-electron chi connectivity index (χ0n) is 12.5. The second-order valence-electron chi connectivity index (χ2n) is 5.55. The van der Waals surface area contributed by atoms with Gasteiger partial charge < -0.3 is 15.4 Å². The Bertz CT molecular complexity index is 498. The van der Waals surface area contributed by atoms with Gasteiger partial charge in [-0.1, -0.05) is 18.2 Å². The molecule has 21 heavy (non-hydrogen) atoms. The van der Waals surface area contributed by atoms with Crippen molar-refractivity contribution >= 4 is 12.0 Å². The maximum absolute atomic E-state index is 13.3. The highest BCUT2D eigenvalue weighted by atomic mass is 19.1. The number of hydrogen-bond acceptors (Lipinski definition) is 3. The summed E-state index contributed by atoms with van der Waals surface area (Å²) in [7, 11) is 0. The van der Waals surface area contributed by atoms with Gasteiger partial charge in [0.1, 0.15) is 11.4 Å². The number of ether oxygens (including phenoxy) is 1. The van der Waals surface area contributed by atoms with Crippen molar-refractivity contribution in [2.45, 2.75) is 32.8 Å². The van der Waals surface area contributed by atoms with Gasteiger partial charge in [0, 0.05) is 6.54 Å². The van der Waals surface area contributed by atoms with Gasteiger partial charge >= 0.3 is 6.09 Å². The number of benzene rings is 1. The Hall–Kier alpha value is -2.11. The van der Waals surface area contributed by atoms with E-state index in [0.717, 1.165) is 0 Å². The average molecular weight is 296 g/mol. The van der Waals surface area contributed by atoms with Crippen molar-refractivity contribution in [2.75, 3.05) is 13.1 Å². The molecule has 1 aromatic rings. The predicted octanol–water partition coefficient (Wildman–Crippen LogP) is 2.01. The molecule has 116 valence electrons. The monoisotopic (exact) mass is 296 g/mol. The van der Waals surface area contributed by atoms with Gasteiger partial charge in [0.05, 0.1) is 6.54 Å². The van der Waals surface area contributed by atoms with Crippen molar-refractivity contribution in [1.29, 1.82) is 0 Å². The topological polar surface area (TPSA) is 67.4 Å². The molecule has 0 bridgehead atoms. The normalized spacial score (nSPS) is 10.9. The quantitative estimate of drug-likeness (QED) is 0.873. The summed E-state index contributed by atoms with van der Waals surface area (Å²) in [4.78, 5) is 22.9. The first kappa shape index (κ1) is 16.9. The summed E-state index contributed by atoms with van der Waals surface area (Å²) in [5, 5.41) is 4.95. The lowest BCUT2D eigenvalue weighted by Gasteiger charge is -2.19. The fraction of sp³-hybridized carbons (Fsp3) is 0.467. The van der Waals surface area contributed by atoms with Gasteiger partial charge in [0.15, 0.2) is 0 Å². The molecule has 5 nitrogen and oxygen atoms in total. The van der Waals surface area contributed by atoms with E-state index in [1.165, 1.54) is 6.07 Å². The van der Waals surface area contributed by atoms with Gasteiger partial charge in [0.25, 0.3) is 0 Å². The SMILES string of the molecule is CC(C)(C)OC(=O)NCC(=O)NCCc1ccccc1F. The summed E-state index contributed by atoms with van der Waals surface area (Å²) in [5.74, 6) is -0.643. The summed E-state index contributed by atoms with van der Waals surface area (Å²) in [6, 6.07) is 6.40. The van der Waals surface area contributed by atoms with Crippen LogP contribution in [-0.4, -0.2) is 30.7 Å². The average Bonchev–Trinajstić information content (AvgIpc) is 2.37. The molecule has 1 aromatic carbocycles. The van der Waals surface area contributed by atoms with E-state index >= 15 is 0 Å². The standard InChI is InChI=1S/C15H21FN2O3/c1-15(2,3)21-14(20)18-10-13(19)17-9-8-11-6-4-5-7-12(11)16/h4-7H,8-10H2,1-3H3,(H,17,19)(H,18,20). The van der Waals surface area contributed by atoms with Crippen LogP contribution >= 0.6 is 0 Å². The summed E-state index contributed by atoms with van der Waals surface area (Å²) in [5.41, 5.74) is -0.0660. The highest BCUT2D eigenvalue weighted by molar-refractivity contribution is 5.82. The Labute approximate surface area is 123 Å². The van der Waals surface area contributed by atoms with E-state index in [0.29, 0.717) is 18.5 Å². The number of alkyl carbamates (subject to hydrolysis) is 1. The van der Waals surface area contributed by atoms with E-state index < -0.39 is 11.7 Å². The lowest BCUT2D eigenvalue weighted by molar-refractivity contribution is -0.120. The predicted molar refractivity (Wildman–Crippen MR) is 77.4 cm³/mol. The number of carbonyl (C=O) groups is 2. The fourth-order valence-electron chi connectivity index (χ4n) is 1.57. The maximum Gasteiger partial charge on any atom is 0.408 e. The fourth-order valence-corrected chi connectivity index (χ4v) is 1.57. The third kappa shape index (κ3) is 7.29. The van der Waals surface area contributed by atoms with Crippen molar-refractivity contribution in [3.8, 4) is 0 Å². The minimum atomic E-state index is -0.647. The van der Waals surface area contributed by atoms with Crippen molar-refractivity contribution in [3.63, 3.8) is 0 Å². The van der Waals surface area contributed by atoms with Crippen LogP contribution in [0.2, 0.25) is 0 Å². The summed E-state index contributed by atoms with van der Waals surface area (Å²) < 4.78 is 18.3. The second-order valence-corrected chi connectivity index (χ2v) is 5.55. The van der Waals surface area contributed by atoms with Crippen LogP contribution in [0.3, 0.4) is 0 Å². The highest BCUT2D eigenvalue weighted by Gasteiger charge is 2.16. The molecule has 0 aromatic heterocycles. The summed E-state index contributed by atoms with van der Waals surface area (Å²) >= 11 is 0. The maximum atomic E-state index is 13.3. The first-order valence-electron chi connectivity index (χ1n) is 6.75. The zero-order chi connectivity index (χ0) is 15.9. The third-order valence-electron chi connectivity index (χ3n) is 2.47. The number of nitrogens with one attached hydrogen (secondary N) is 2. The van der Waals surface area contributed by atoms with Crippen molar-refractivity contribution in [2.24, 2.45) is 0 Å². The molecule has 0 fully saturated rings. The molecular formula is C15H21FN2O3. The Balaban J connectivity index is 2.23. The molecule has 0 atom stereocenters. The molecule has 0 heterocycles. The molecule has 0 spiro atoms. The lowest BCUT2D eigenvalue weighted by Crippen LogP contribution is -2.40. The van der Waals surface area contributed by atoms with E-state index in [2.05, 4.69) is 10.6 Å². The molecule has 0 saturated carbocycles. The Kier molecular flexibility index (Phi) is 6.14. The van der Waals surface area contributed by atoms with E-state index in [1.807, 2.05) is 0 Å². The number of halogens is 1. The molecular weight excluding hydrogens is 275 g/mol. The first-order chi connectivity index (χ1) is 9.78. The van der Waals surface area contributed by atoms with Crippen LogP contribution in [0.25, 0.3) is 0 Å². The molecule has 0 aliphatic heterocycles.